The van der Waals surface area contributed by atoms with Crippen molar-refractivity contribution in [3.05, 3.63) is 78.1 Å². The SMILES string of the molecule is O=C(O)C(c1ccc(Cn2ccnc2-c2ccccc2)cc1)C1CCCC1. The highest BCUT2D eigenvalue weighted by Crippen LogP contribution is 2.37. The summed E-state index contributed by atoms with van der Waals surface area (Å²) in [6, 6.07) is 18.2. The number of carboxylic acids is 1. The quantitative estimate of drug-likeness (QED) is 0.676. The normalized spacial score (nSPS) is 15.7. The molecule has 4 heteroatoms. The Kier molecular flexibility index (Phi) is 5.05. The summed E-state index contributed by atoms with van der Waals surface area (Å²) < 4.78 is 2.12. The summed E-state index contributed by atoms with van der Waals surface area (Å²) in [6.45, 7) is 0.714. The van der Waals surface area contributed by atoms with Crippen LogP contribution in [0.5, 0.6) is 0 Å². The Morgan fingerprint density at radius 3 is 2.44 bits per heavy atom. The molecule has 0 aliphatic heterocycles. The van der Waals surface area contributed by atoms with Crippen LogP contribution in [0, 0.1) is 5.92 Å². The molecule has 2 aromatic carbocycles. The molecule has 1 saturated carbocycles. The van der Waals surface area contributed by atoms with E-state index < -0.39 is 5.97 Å². The van der Waals surface area contributed by atoms with Crippen molar-refractivity contribution in [2.45, 2.75) is 38.1 Å². The number of imidazole rings is 1. The van der Waals surface area contributed by atoms with Crippen molar-refractivity contribution in [2.24, 2.45) is 5.92 Å². The number of carbonyl (C=O) groups is 1. The third-order valence-electron chi connectivity index (χ3n) is 5.58. The average Bonchev–Trinajstić information content (AvgIpc) is 3.36. The van der Waals surface area contributed by atoms with E-state index in [-0.39, 0.29) is 11.8 Å². The number of rotatable bonds is 6. The topological polar surface area (TPSA) is 55.1 Å². The van der Waals surface area contributed by atoms with E-state index in [4.69, 9.17) is 0 Å². The molecule has 0 amide bonds. The average molecular weight is 360 g/mol. The predicted molar refractivity (Wildman–Crippen MR) is 106 cm³/mol. The first-order valence-corrected chi connectivity index (χ1v) is 9.60. The fourth-order valence-corrected chi connectivity index (χ4v) is 4.22. The van der Waals surface area contributed by atoms with E-state index in [0.717, 1.165) is 48.2 Å². The van der Waals surface area contributed by atoms with Gasteiger partial charge >= 0.3 is 5.97 Å². The van der Waals surface area contributed by atoms with Crippen LogP contribution in [0.4, 0.5) is 0 Å². The van der Waals surface area contributed by atoms with E-state index in [2.05, 4.69) is 33.8 Å². The monoisotopic (exact) mass is 360 g/mol. The van der Waals surface area contributed by atoms with Gasteiger partial charge in [-0.15, -0.1) is 0 Å². The molecule has 4 nitrogen and oxygen atoms in total. The lowest BCUT2D eigenvalue weighted by atomic mass is 9.84. The van der Waals surface area contributed by atoms with Gasteiger partial charge in [-0.2, -0.15) is 0 Å². The summed E-state index contributed by atoms with van der Waals surface area (Å²) in [5.41, 5.74) is 3.16. The van der Waals surface area contributed by atoms with Crippen LogP contribution in [0.15, 0.2) is 67.0 Å². The fraction of sp³-hybridized carbons (Fsp3) is 0.304. The van der Waals surface area contributed by atoms with Crippen LogP contribution in [0.3, 0.4) is 0 Å². The van der Waals surface area contributed by atoms with Gasteiger partial charge in [0.25, 0.3) is 0 Å². The highest BCUT2D eigenvalue weighted by atomic mass is 16.4. The van der Waals surface area contributed by atoms with Gasteiger partial charge in [0.05, 0.1) is 5.92 Å². The fourth-order valence-electron chi connectivity index (χ4n) is 4.22. The summed E-state index contributed by atoms with van der Waals surface area (Å²) >= 11 is 0. The van der Waals surface area contributed by atoms with Crippen molar-refractivity contribution in [2.75, 3.05) is 0 Å². The number of benzene rings is 2. The predicted octanol–water partition coefficient (Wildman–Crippen LogP) is 4.96. The maximum Gasteiger partial charge on any atom is 0.311 e. The van der Waals surface area contributed by atoms with E-state index in [1.807, 2.05) is 42.7 Å². The maximum atomic E-state index is 11.8. The smallest absolute Gasteiger partial charge is 0.311 e. The second kappa shape index (κ2) is 7.78. The van der Waals surface area contributed by atoms with Crippen molar-refractivity contribution >= 4 is 5.97 Å². The third kappa shape index (κ3) is 3.80. The molecule has 27 heavy (non-hydrogen) atoms. The van der Waals surface area contributed by atoms with Gasteiger partial charge < -0.3 is 9.67 Å². The molecule has 0 spiro atoms. The Morgan fingerprint density at radius 2 is 1.78 bits per heavy atom. The highest BCUT2D eigenvalue weighted by molar-refractivity contribution is 5.76. The minimum absolute atomic E-state index is 0.270. The maximum absolute atomic E-state index is 11.8. The number of carboxylic acid groups (broad SMARTS) is 1. The van der Waals surface area contributed by atoms with Crippen LogP contribution in [0.25, 0.3) is 11.4 Å². The van der Waals surface area contributed by atoms with E-state index in [0.29, 0.717) is 6.54 Å². The van der Waals surface area contributed by atoms with E-state index in [9.17, 15) is 9.90 Å². The summed E-state index contributed by atoms with van der Waals surface area (Å²) in [7, 11) is 0. The molecule has 138 valence electrons. The lowest BCUT2D eigenvalue weighted by Crippen LogP contribution is -2.19. The first-order chi connectivity index (χ1) is 13.2. The van der Waals surface area contributed by atoms with E-state index >= 15 is 0 Å². The first kappa shape index (κ1) is 17.5. The minimum Gasteiger partial charge on any atom is -0.481 e. The zero-order chi connectivity index (χ0) is 18.6. The Hall–Kier alpha value is -2.88. The lowest BCUT2D eigenvalue weighted by Gasteiger charge is -2.20. The molecule has 1 unspecified atom stereocenters. The van der Waals surface area contributed by atoms with Crippen molar-refractivity contribution in [1.29, 1.82) is 0 Å². The molecule has 1 atom stereocenters. The Labute approximate surface area is 159 Å². The van der Waals surface area contributed by atoms with Gasteiger partial charge in [-0.05, 0) is 29.9 Å². The second-order valence-corrected chi connectivity index (χ2v) is 7.35. The molecule has 0 saturated heterocycles. The second-order valence-electron chi connectivity index (χ2n) is 7.35. The lowest BCUT2D eigenvalue weighted by molar-refractivity contribution is -0.140. The molecule has 1 aliphatic rings. The number of nitrogens with zero attached hydrogens (tertiary/aromatic N) is 2. The van der Waals surface area contributed by atoms with Gasteiger partial charge in [0.15, 0.2) is 0 Å². The Morgan fingerprint density at radius 1 is 1.07 bits per heavy atom. The molecular weight excluding hydrogens is 336 g/mol. The molecule has 1 fully saturated rings. The highest BCUT2D eigenvalue weighted by Gasteiger charge is 2.31. The first-order valence-electron chi connectivity index (χ1n) is 9.60. The Bertz CT molecular complexity index is 894. The summed E-state index contributed by atoms with van der Waals surface area (Å²) in [5, 5.41) is 9.71. The zero-order valence-corrected chi connectivity index (χ0v) is 15.3. The Balaban J connectivity index is 1.54. The van der Waals surface area contributed by atoms with E-state index in [1.165, 1.54) is 0 Å². The standard InChI is InChI=1S/C23H24N2O2/c26-23(27)21(18-6-4-5-7-18)19-12-10-17(11-13-19)16-25-15-14-24-22(25)20-8-2-1-3-9-20/h1-3,8-15,18,21H,4-7,16H2,(H,26,27). The van der Waals surface area contributed by atoms with Crippen molar-refractivity contribution < 1.29 is 9.90 Å². The van der Waals surface area contributed by atoms with Crippen molar-refractivity contribution in [1.82, 2.24) is 9.55 Å². The summed E-state index contributed by atoms with van der Waals surface area (Å²) in [6.07, 6.45) is 8.14. The number of aliphatic carboxylic acids is 1. The van der Waals surface area contributed by atoms with Gasteiger partial charge in [-0.3, -0.25) is 4.79 Å². The van der Waals surface area contributed by atoms with Crippen LogP contribution in [-0.2, 0) is 11.3 Å². The van der Waals surface area contributed by atoms with Gasteiger partial charge in [0.1, 0.15) is 5.82 Å². The third-order valence-corrected chi connectivity index (χ3v) is 5.58. The van der Waals surface area contributed by atoms with E-state index in [1.54, 1.807) is 0 Å². The number of hydrogen-bond donors (Lipinski definition) is 1. The molecule has 1 N–H and O–H groups in total. The number of hydrogen-bond acceptors (Lipinski definition) is 2. The molecule has 1 aromatic heterocycles. The molecule has 4 rings (SSSR count). The largest absolute Gasteiger partial charge is 0.481 e. The molecule has 3 aromatic rings. The van der Waals surface area contributed by atoms with Crippen LogP contribution in [-0.4, -0.2) is 20.6 Å². The molecule has 0 radical (unpaired) electrons. The van der Waals surface area contributed by atoms with Gasteiger partial charge in [0, 0.05) is 24.5 Å². The van der Waals surface area contributed by atoms with Gasteiger partial charge in [0.2, 0.25) is 0 Å². The molecule has 1 aliphatic carbocycles. The summed E-state index contributed by atoms with van der Waals surface area (Å²) in [4.78, 5) is 16.3. The molecular formula is C23H24N2O2. The molecule has 1 heterocycles. The van der Waals surface area contributed by atoms with Crippen LogP contribution in [0.1, 0.15) is 42.7 Å². The van der Waals surface area contributed by atoms with Crippen molar-refractivity contribution in [3.8, 4) is 11.4 Å². The van der Waals surface area contributed by atoms with Crippen LogP contribution in [0.2, 0.25) is 0 Å². The van der Waals surface area contributed by atoms with Gasteiger partial charge in [-0.1, -0.05) is 67.4 Å². The molecule has 0 bridgehead atoms. The summed E-state index contributed by atoms with van der Waals surface area (Å²) in [5.74, 6) is 0.131. The van der Waals surface area contributed by atoms with Crippen LogP contribution < -0.4 is 0 Å². The number of aromatic nitrogens is 2. The zero-order valence-electron chi connectivity index (χ0n) is 15.3. The minimum atomic E-state index is -0.698. The van der Waals surface area contributed by atoms with Gasteiger partial charge in [-0.25, -0.2) is 4.98 Å². The van der Waals surface area contributed by atoms with Crippen LogP contribution >= 0.6 is 0 Å². The van der Waals surface area contributed by atoms with Crippen molar-refractivity contribution in [3.63, 3.8) is 0 Å².